The number of hydrogen-bond donors (Lipinski definition) is 1. The Bertz CT molecular complexity index is 822. The van der Waals surface area contributed by atoms with Crippen molar-refractivity contribution < 1.29 is 9.53 Å². The van der Waals surface area contributed by atoms with E-state index in [2.05, 4.69) is 16.4 Å². The fraction of sp³-hybridized carbons (Fsp3) is 0.381. The number of nitriles is 1. The molecule has 1 aromatic heterocycles. The molecule has 1 saturated carbocycles. The number of ether oxygens (including phenoxy) is 1. The largest absolute Gasteiger partial charge is 0.381 e. The summed E-state index contributed by atoms with van der Waals surface area (Å²) in [5.74, 6) is -0.1000. The topological polar surface area (TPSA) is 75.0 Å². The van der Waals surface area contributed by atoms with Crippen LogP contribution in [0.15, 0.2) is 42.6 Å². The second kappa shape index (κ2) is 8.11. The number of carbonyl (C=O) groups is 1. The van der Waals surface area contributed by atoms with Crippen LogP contribution in [-0.4, -0.2) is 30.6 Å². The van der Waals surface area contributed by atoms with Crippen LogP contribution < -0.4 is 5.32 Å². The molecule has 1 aliphatic carbocycles. The molecule has 0 saturated heterocycles. The smallest absolute Gasteiger partial charge is 0.251 e. The molecule has 26 heavy (non-hydrogen) atoms. The van der Waals surface area contributed by atoms with E-state index >= 15 is 0 Å². The summed E-state index contributed by atoms with van der Waals surface area (Å²) in [6.45, 7) is 4.02. The van der Waals surface area contributed by atoms with E-state index in [1.807, 2.05) is 31.2 Å². The number of aromatic nitrogens is 1. The average molecular weight is 349 g/mol. The van der Waals surface area contributed by atoms with Gasteiger partial charge in [0.15, 0.2) is 0 Å². The average Bonchev–Trinajstić information content (AvgIpc) is 2.66. The molecule has 0 aliphatic heterocycles. The fourth-order valence-corrected chi connectivity index (χ4v) is 3.29. The van der Waals surface area contributed by atoms with Crippen molar-refractivity contribution >= 4 is 5.91 Å². The van der Waals surface area contributed by atoms with Crippen molar-refractivity contribution in [1.29, 1.82) is 5.26 Å². The Labute approximate surface area is 154 Å². The van der Waals surface area contributed by atoms with Crippen LogP contribution in [0.25, 0.3) is 11.1 Å². The predicted molar refractivity (Wildman–Crippen MR) is 99.5 cm³/mol. The highest BCUT2D eigenvalue weighted by atomic mass is 16.5. The van der Waals surface area contributed by atoms with Gasteiger partial charge in [-0.2, -0.15) is 5.26 Å². The maximum absolute atomic E-state index is 12.6. The Morgan fingerprint density at radius 3 is 2.88 bits per heavy atom. The van der Waals surface area contributed by atoms with Gasteiger partial charge in [0.2, 0.25) is 0 Å². The van der Waals surface area contributed by atoms with Crippen molar-refractivity contribution in [2.75, 3.05) is 19.8 Å². The van der Waals surface area contributed by atoms with E-state index in [4.69, 9.17) is 4.74 Å². The molecule has 1 heterocycles. The van der Waals surface area contributed by atoms with Gasteiger partial charge in [-0.05, 0) is 49.6 Å². The van der Waals surface area contributed by atoms with Crippen LogP contribution in [0.4, 0.5) is 0 Å². The van der Waals surface area contributed by atoms with Crippen LogP contribution in [-0.2, 0) is 4.74 Å². The van der Waals surface area contributed by atoms with Gasteiger partial charge in [0, 0.05) is 35.9 Å². The van der Waals surface area contributed by atoms with Crippen LogP contribution in [0.5, 0.6) is 0 Å². The van der Waals surface area contributed by atoms with Crippen molar-refractivity contribution in [1.82, 2.24) is 10.3 Å². The van der Waals surface area contributed by atoms with E-state index in [-0.39, 0.29) is 11.3 Å². The van der Waals surface area contributed by atoms with E-state index in [1.165, 1.54) is 6.42 Å². The van der Waals surface area contributed by atoms with Crippen molar-refractivity contribution in [3.63, 3.8) is 0 Å². The van der Waals surface area contributed by atoms with Crippen molar-refractivity contribution in [2.24, 2.45) is 5.41 Å². The summed E-state index contributed by atoms with van der Waals surface area (Å²) < 4.78 is 5.59. The molecule has 3 rings (SSSR count). The van der Waals surface area contributed by atoms with Gasteiger partial charge >= 0.3 is 0 Å². The first kappa shape index (κ1) is 18.1. The fourth-order valence-electron chi connectivity index (χ4n) is 3.29. The van der Waals surface area contributed by atoms with Gasteiger partial charge in [0.1, 0.15) is 11.8 Å². The van der Waals surface area contributed by atoms with Gasteiger partial charge in [0.25, 0.3) is 5.91 Å². The summed E-state index contributed by atoms with van der Waals surface area (Å²) in [7, 11) is 0. The lowest BCUT2D eigenvalue weighted by atomic mass is 9.69. The Kier molecular flexibility index (Phi) is 5.65. The third-order valence-corrected chi connectivity index (χ3v) is 5.00. The third-order valence-electron chi connectivity index (χ3n) is 5.00. The molecule has 0 atom stereocenters. The lowest BCUT2D eigenvalue weighted by Crippen LogP contribution is -2.45. The van der Waals surface area contributed by atoms with Gasteiger partial charge < -0.3 is 10.1 Å². The SMILES string of the molecule is CCOCC1(CNC(=O)c2cccc(-c3cccnc3C#N)c2)CCC1. The lowest BCUT2D eigenvalue weighted by Gasteiger charge is -2.41. The standard InChI is InChI=1S/C21H23N3O2/c1-2-26-15-21(9-5-10-21)14-24-20(25)17-7-3-6-16(12-17)18-8-4-11-23-19(18)13-22/h3-4,6-8,11-12H,2,5,9-10,14-15H2,1H3,(H,24,25). The number of hydrogen-bond acceptors (Lipinski definition) is 4. The maximum atomic E-state index is 12.6. The molecule has 5 nitrogen and oxygen atoms in total. The Balaban J connectivity index is 1.72. The van der Waals surface area contributed by atoms with Crippen molar-refractivity contribution in [2.45, 2.75) is 26.2 Å². The summed E-state index contributed by atoms with van der Waals surface area (Å²) in [5, 5.41) is 12.3. The molecular weight excluding hydrogens is 326 g/mol. The third kappa shape index (κ3) is 3.92. The van der Waals surface area contributed by atoms with Gasteiger partial charge in [-0.15, -0.1) is 0 Å². The van der Waals surface area contributed by atoms with Gasteiger partial charge in [-0.3, -0.25) is 4.79 Å². The molecule has 5 heteroatoms. The van der Waals surface area contributed by atoms with Crippen LogP contribution in [0.2, 0.25) is 0 Å². The van der Waals surface area contributed by atoms with Crippen molar-refractivity contribution in [3.8, 4) is 17.2 Å². The highest BCUT2D eigenvalue weighted by molar-refractivity contribution is 5.95. The number of pyridine rings is 1. The summed E-state index contributed by atoms with van der Waals surface area (Å²) >= 11 is 0. The Hall–Kier alpha value is -2.71. The minimum Gasteiger partial charge on any atom is -0.381 e. The van der Waals surface area contributed by atoms with E-state index < -0.39 is 0 Å². The highest BCUT2D eigenvalue weighted by Crippen LogP contribution is 2.40. The van der Waals surface area contributed by atoms with Crippen LogP contribution in [0.3, 0.4) is 0 Å². The molecule has 1 aliphatic rings. The molecule has 0 unspecified atom stereocenters. The van der Waals surface area contributed by atoms with Crippen LogP contribution in [0.1, 0.15) is 42.2 Å². The zero-order chi connectivity index (χ0) is 18.4. The van der Waals surface area contributed by atoms with Crippen molar-refractivity contribution in [3.05, 3.63) is 53.9 Å². The summed E-state index contributed by atoms with van der Waals surface area (Å²) in [6, 6.07) is 13.0. The van der Waals surface area contributed by atoms with E-state index in [0.29, 0.717) is 31.0 Å². The lowest BCUT2D eigenvalue weighted by molar-refractivity contribution is -0.000182. The predicted octanol–water partition coefficient (Wildman–Crippen LogP) is 3.56. The number of nitrogens with one attached hydrogen (secondary N) is 1. The monoisotopic (exact) mass is 349 g/mol. The first-order valence-corrected chi connectivity index (χ1v) is 8.99. The summed E-state index contributed by atoms with van der Waals surface area (Å²) in [4.78, 5) is 16.7. The number of nitrogens with zero attached hydrogens (tertiary/aromatic N) is 2. The maximum Gasteiger partial charge on any atom is 0.251 e. The molecule has 0 spiro atoms. The summed E-state index contributed by atoms with van der Waals surface area (Å²) in [6.07, 6.45) is 4.97. The van der Waals surface area contributed by atoms with Gasteiger partial charge in [0.05, 0.1) is 6.61 Å². The minimum absolute atomic E-state index is 0.0839. The van der Waals surface area contributed by atoms with Crippen LogP contribution >= 0.6 is 0 Å². The minimum atomic E-state index is -0.1000. The van der Waals surface area contributed by atoms with E-state index in [9.17, 15) is 10.1 Å². The zero-order valence-corrected chi connectivity index (χ0v) is 15.0. The second-order valence-electron chi connectivity index (χ2n) is 6.77. The molecule has 0 radical (unpaired) electrons. The second-order valence-corrected chi connectivity index (χ2v) is 6.77. The van der Waals surface area contributed by atoms with Crippen LogP contribution in [0, 0.1) is 16.7 Å². The molecule has 2 aromatic rings. The number of benzene rings is 1. The molecule has 1 amide bonds. The first-order chi connectivity index (χ1) is 12.7. The molecule has 1 aromatic carbocycles. The highest BCUT2D eigenvalue weighted by Gasteiger charge is 2.37. The molecule has 1 N–H and O–H groups in total. The zero-order valence-electron chi connectivity index (χ0n) is 15.0. The van der Waals surface area contributed by atoms with E-state index in [0.717, 1.165) is 24.0 Å². The Morgan fingerprint density at radius 1 is 1.35 bits per heavy atom. The molecule has 134 valence electrons. The van der Waals surface area contributed by atoms with Gasteiger partial charge in [-0.1, -0.05) is 18.6 Å². The first-order valence-electron chi connectivity index (χ1n) is 8.99. The molecule has 0 bridgehead atoms. The molecule has 1 fully saturated rings. The quantitative estimate of drug-likeness (QED) is 0.829. The number of rotatable bonds is 7. The van der Waals surface area contributed by atoms with Gasteiger partial charge in [-0.25, -0.2) is 4.98 Å². The van der Waals surface area contributed by atoms with E-state index in [1.54, 1.807) is 18.3 Å². The Morgan fingerprint density at radius 2 is 2.19 bits per heavy atom. The number of carbonyl (C=O) groups excluding carboxylic acids is 1. The normalized spacial score (nSPS) is 14.9. The summed E-state index contributed by atoms with van der Waals surface area (Å²) in [5.41, 5.74) is 2.57. The number of amides is 1. The molecular formula is C21H23N3O2.